The van der Waals surface area contributed by atoms with Crippen molar-refractivity contribution < 1.29 is 12.8 Å². The van der Waals surface area contributed by atoms with Gasteiger partial charge in [-0.2, -0.15) is 19.5 Å². The molecular formula is C11H8BrFN6O2S. The van der Waals surface area contributed by atoms with Crippen molar-refractivity contribution in [3.05, 3.63) is 28.5 Å². The third-order valence-corrected chi connectivity index (χ3v) is 4.05. The number of hydrogen-bond acceptors (Lipinski definition) is 7. The van der Waals surface area contributed by atoms with Crippen LogP contribution < -0.4 is 5.73 Å². The molecule has 0 fully saturated rings. The predicted molar refractivity (Wildman–Crippen MR) is 79.2 cm³/mol. The number of sulfone groups is 1. The van der Waals surface area contributed by atoms with Gasteiger partial charge in [-0.05, 0) is 18.2 Å². The lowest BCUT2D eigenvalue weighted by molar-refractivity contribution is 0.592. The van der Waals surface area contributed by atoms with Gasteiger partial charge in [0.05, 0.1) is 5.56 Å². The van der Waals surface area contributed by atoms with Crippen molar-refractivity contribution in [3.63, 3.8) is 0 Å². The fraction of sp³-hybridized carbons (Fsp3) is 0.0909. The Morgan fingerprint density at radius 2 is 2.00 bits per heavy atom. The van der Waals surface area contributed by atoms with Crippen molar-refractivity contribution in [3.8, 4) is 11.4 Å². The summed E-state index contributed by atoms with van der Waals surface area (Å²) in [5.41, 5.74) is 5.78. The van der Waals surface area contributed by atoms with Crippen LogP contribution in [0.5, 0.6) is 0 Å². The molecule has 0 aliphatic heterocycles. The van der Waals surface area contributed by atoms with E-state index in [0.717, 1.165) is 10.8 Å². The van der Waals surface area contributed by atoms with Gasteiger partial charge >= 0.3 is 0 Å². The molecule has 2 heterocycles. The quantitative estimate of drug-likeness (QED) is 0.699. The monoisotopic (exact) mass is 386 g/mol. The lowest BCUT2D eigenvalue weighted by Gasteiger charge is -1.99. The minimum absolute atomic E-state index is 0.0189. The zero-order valence-corrected chi connectivity index (χ0v) is 13.4. The van der Waals surface area contributed by atoms with E-state index in [-0.39, 0.29) is 23.1 Å². The molecule has 2 N–H and O–H groups in total. The van der Waals surface area contributed by atoms with Crippen LogP contribution in [0.3, 0.4) is 0 Å². The Morgan fingerprint density at radius 1 is 1.27 bits per heavy atom. The summed E-state index contributed by atoms with van der Waals surface area (Å²) in [4.78, 5) is 11.5. The molecule has 0 unspecified atom stereocenters. The van der Waals surface area contributed by atoms with E-state index < -0.39 is 20.8 Å². The van der Waals surface area contributed by atoms with Crippen LogP contribution in [-0.2, 0) is 9.84 Å². The maximum atomic E-state index is 13.9. The number of hydrogen-bond donors (Lipinski definition) is 1. The molecule has 0 saturated carbocycles. The first kappa shape index (κ1) is 14.8. The summed E-state index contributed by atoms with van der Waals surface area (Å²) >= 11 is 3.23. The van der Waals surface area contributed by atoms with E-state index in [4.69, 9.17) is 5.73 Å². The Bertz CT molecular complexity index is 1000. The Labute approximate surface area is 132 Å². The molecule has 2 aromatic heterocycles. The molecule has 0 spiro atoms. The summed E-state index contributed by atoms with van der Waals surface area (Å²) in [6, 6.07) is 4.28. The SMILES string of the molecule is CS(=O)(=O)c1nc(N)n2nc(-c3cc(Br)ccc3F)nc2n1. The molecule has 0 saturated heterocycles. The van der Waals surface area contributed by atoms with Crippen LogP contribution in [0, 0.1) is 5.82 Å². The second-order valence-electron chi connectivity index (χ2n) is 4.41. The van der Waals surface area contributed by atoms with Gasteiger partial charge in [-0.1, -0.05) is 15.9 Å². The lowest BCUT2D eigenvalue weighted by Crippen LogP contribution is -2.11. The fourth-order valence-corrected chi connectivity index (χ4v) is 2.60. The highest BCUT2D eigenvalue weighted by Gasteiger charge is 2.19. The average molecular weight is 387 g/mol. The summed E-state index contributed by atoms with van der Waals surface area (Å²) in [6.45, 7) is 0. The van der Waals surface area contributed by atoms with Gasteiger partial charge in [-0.3, -0.25) is 0 Å². The number of halogens is 2. The summed E-state index contributed by atoms with van der Waals surface area (Å²) in [7, 11) is -3.65. The molecule has 114 valence electrons. The molecule has 0 atom stereocenters. The van der Waals surface area contributed by atoms with Gasteiger partial charge in [-0.25, -0.2) is 12.8 Å². The van der Waals surface area contributed by atoms with Crippen LogP contribution in [0.25, 0.3) is 17.2 Å². The van der Waals surface area contributed by atoms with Crippen molar-refractivity contribution in [1.29, 1.82) is 0 Å². The summed E-state index contributed by atoms with van der Waals surface area (Å²) < 4.78 is 38.6. The van der Waals surface area contributed by atoms with E-state index in [1.807, 2.05) is 0 Å². The largest absolute Gasteiger partial charge is 0.368 e. The molecule has 22 heavy (non-hydrogen) atoms. The highest BCUT2D eigenvalue weighted by Crippen LogP contribution is 2.24. The van der Waals surface area contributed by atoms with Gasteiger partial charge in [0.15, 0.2) is 5.82 Å². The maximum absolute atomic E-state index is 13.9. The number of rotatable bonds is 2. The number of nitrogens with zero attached hydrogens (tertiary/aromatic N) is 5. The second kappa shape index (κ2) is 4.95. The fourth-order valence-electron chi connectivity index (χ4n) is 1.73. The third-order valence-electron chi connectivity index (χ3n) is 2.71. The van der Waals surface area contributed by atoms with Crippen LogP contribution in [0.15, 0.2) is 27.8 Å². The molecule has 1 aromatic carbocycles. The smallest absolute Gasteiger partial charge is 0.258 e. The van der Waals surface area contributed by atoms with E-state index in [1.165, 1.54) is 18.2 Å². The lowest BCUT2D eigenvalue weighted by atomic mass is 10.2. The molecule has 8 nitrogen and oxygen atoms in total. The first-order valence-corrected chi connectivity index (χ1v) is 8.50. The van der Waals surface area contributed by atoms with Crippen molar-refractivity contribution in [2.45, 2.75) is 5.16 Å². The Balaban J connectivity index is 2.26. The molecule has 0 aliphatic rings. The number of nitrogens with two attached hydrogens (primary N) is 1. The number of benzene rings is 1. The first-order chi connectivity index (χ1) is 10.3. The second-order valence-corrected chi connectivity index (χ2v) is 7.23. The van der Waals surface area contributed by atoms with E-state index in [0.29, 0.717) is 4.47 Å². The topological polar surface area (TPSA) is 116 Å². The standard InChI is InChI=1S/C11H8BrFN6O2S/c1-22(20,21)11-16-9(14)19-10(17-11)15-8(18-19)6-4-5(12)2-3-7(6)13/h2-4H,1H3,(H2,14,15,16,17,18). The van der Waals surface area contributed by atoms with Crippen LogP contribution in [0.4, 0.5) is 10.3 Å². The third kappa shape index (κ3) is 2.52. The number of fused-ring (bicyclic) bond motifs is 1. The van der Waals surface area contributed by atoms with E-state index in [9.17, 15) is 12.8 Å². The van der Waals surface area contributed by atoms with Gasteiger partial charge < -0.3 is 5.73 Å². The van der Waals surface area contributed by atoms with Crippen LogP contribution >= 0.6 is 15.9 Å². The molecule has 3 rings (SSSR count). The highest BCUT2D eigenvalue weighted by atomic mass is 79.9. The molecule has 0 amide bonds. The summed E-state index contributed by atoms with van der Waals surface area (Å²) in [6.07, 6.45) is 0.948. The number of aromatic nitrogens is 5. The Kier molecular flexibility index (Phi) is 3.33. The first-order valence-electron chi connectivity index (χ1n) is 5.81. The van der Waals surface area contributed by atoms with Gasteiger partial charge in [-0.15, -0.1) is 5.10 Å². The highest BCUT2D eigenvalue weighted by molar-refractivity contribution is 9.10. The van der Waals surface area contributed by atoms with Gasteiger partial charge in [0.25, 0.3) is 10.9 Å². The maximum Gasteiger partial charge on any atom is 0.258 e. The Hall–Kier alpha value is -2.14. The molecule has 0 aliphatic carbocycles. The van der Waals surface area contributed by atoms with Crippen molar-refractivity contribution in [2.24, 2.45) is 0 Å². The molecule has 0 bridgehead atoms. The predicted octanol–water partition coefficient (Wildman–Crippen LogP) is 1.07. The van der Waals surface area contributed by atoms with Crippen LogP contribution in [0.2, 0.25) is 0 Å². The van der Waals surface area contributed by atoms with Crippen LogP contribution in [0.1, 0.15) is 0 Å². The minimum Gasteiger partial charge on any atom is -0.368 e. The molecular weight excluding hydrogens is 379 g/mol. The minimum atomic E-state index is -3.65. The zero-order chi connectivity index (χ0) is 16.1. The average Bonchev–Trinajstić information content (AvgIpc) is 2.85. The Morgan fingerprint density at radius 3 is 2.68 bits per heavy atom. The molecule has 11 heteroatoms. The molecule has 3 aromatic rings. The van der Waals surface area contributed by atoms with E-state index in [2.05, 4.69) is 36.0 Å². The number of nitrogen functional groups attached to an aromatic ring is 1. The zero-order valence-electron chi connectivity index (χ0n) is 11.0. The van der Waals surface area contributed by atoms with E-state index in [1.54, 1.807) is 0 Å². The summed E-state index contributed by atoms with van der Waals surface area (Å²) in [5.74, 6) is -0.804. The van der Waals surface area contributed by atoms with E-state index >= 15 is 0 Å². The van der Waals surface area contributed by atoms with Gasteiger partial charge in [0, 0.05) is 10.7 Å². The van der Waals surface area contributed by atoms with Crippen molar-refractivity contribution >= 4 is 37.5 Å². The number of anilines is 1. The normalized spacial score (nSPS) is 12.0. The van der Waals surface area contributed by atoms with Gasteiger partial charge in [0.1, 0.15) is 5.82 Å². The van der Waals surface area contributed by atoms with Gasteiger partial charge in [0.2, 0.25) is 15.8 Å². The van der Waals surface area contributed by atoms with Crippen molar-refractivity contribution in [1.82, 2.24) is 24.6 Å². The molecule has 0 radical (unpaired) electrons. The summed E-state index contributed by atoms with van der Waals surface area (Å²) in [5, 5.41) is 3.54. The van der Waals surface area contributed by atoms with Crippen LogP contribution in [-0.4, -0.2) is 39.2 Å². The van der Waals surface area contributed by atoms with Crippen molar-refractivity contribution in [2.75, 3.05) is 12.0 Å².